The first kappa shape index (κ1) is 15.4. The lowest BCUT2D eigenvalue weighted by Crippen LogP contribution is -2.19. The van der Waals surface area contributed by atoms with Gasteiger partial charge in [-0.1, -0.05) is 26.0 Å². The van der Waals surface area contributed by atoms with Gasteiger partial charge in [0, 0.05) is 13.0 Å². The van der Waals surface area contributed by atoms with Crippen LogP contribution in [0.2, 0.25) is 0 Å². The normalized spacial score (nSPS) is 14.8. The molecular weight excluding hydrogens is 318 g/mol. The van der Waals surface area contributed by atoms with Gasteiger partial charge in [0.1, 0.15) is 0 Å². The molecular formula is C16H22BrNO2. The zero-order valence-electron chi connectivity index (χ0n) is 12.1. The minimum Gasteiger partial charge on any atom is -0.489 e. The van der Waals surface area contributed by atoms with E-state index in [0.29, 0.717) is 19.1 Å². The van der Waals surface area contributed by atoms with Crippen LogP contribution < -0.4 is 14.8 Å². The van der Waals surface area contributed by atoms with Gasteiger partial charge in [0.15, 0.2) is 11.5 Å². The van der Waals surface area contributed by atoms with Crippen LogP contribution in [0, 0.1) is 5.92 Å². The summed E-state index contributed by atoms with van der Waals surface area (Å²) in [6.45, 7) is 7.75. The van der Waals surface area contributed by atoms with E-state index in [4.69, 9.17) is 9.47 Å². The van der Waals surface area contributed by atoms with Gasteiger partial charge in [-0.25, -0.2) is 0 Å². The highest BCUT2D eigenvalue weighted by Crippen LogP contribution is 2.38. The molecule has 1 aliphatic rings. The van der Waals surface area contributed by atoms with Crippen molar-refractivity contribution >= 4 is 22.0 Å². The smallest absolute Gasteiger partial charge is 0.175 e. The van der Waals surface area contributed by atoms with E-state index in [1.165, 1.54) is 0 Å². The quantitative estimate of drug-likeness (QED) is 0.826. The molecule has 3 nitrogen and oxygen atoms in total. The summed E-state index contributed by atoms with van der Waals surface area (Å²) < 4.78 is 12.4. The SMILES string of the molecule is CC(C)CNCC=Cc1cc(Br)c2c(c1)OCCCO2. The Morgan fingerprint density at radius 3 is 2.90 bits per heavy atom. The van der Waals surface area contributed by atoms with Crippen LogP contribution in [0.5, 0.6) is 11.5 Å². The highest BCUT2D eigenvalue weighted by atomic mass is 79.9. The van der Waals surface area contributed by atoms with E-state index in [0.717, 1.165) is 41.0 Å². The maximum Gasteiger partial charge on any atom is 0.175 e. The molecule has 0 amide bonds. The largest absolute Gasteiger partial charge is 0.489 e. The van der Waals surface area contributed by atoms with Crippen molar-refractivity contribution in [1.82, 2.24) is 5.32 Å². The van der Waals surface area contributed by atoms with Crippen LogP contribution >= 0.6 is 15.9 Å². The fraction of sp³-hybridized carbons (Fsp3) is 0.500. The number of halogens is 1. The van der Waals surface area contributed by atoms with Gasteiger partial charge in [-0.2, -0.15) is 0 Å². The summed E-state index contributed by atoms with van der Waals surface area (Å²) in [5.74, 6) is 2.32. The fourth-order valence-corrected chi connectivity index (χ4v) is 2.57. The molecule has 1 aromatic carbocycles. The van der Waals surface area contributed by atoms with Gasteiger partial charge in [0.2, 0.25) is 0 Å². The Morgan fingerprint density at radius 1 is 1.30 bits per heavy atom. The van der Waals surface area contributed by atoms with Crippen LogP contribution in [0.4, 0.5) is 0 Å². The minimum atomic E-state index is 0.676. The molecule has 1 N–H and O–H groups in total. The molecule has 20 heavy (non-hydrogen) atoms. The Bertz CT molecular complexity index is 472. The molecule has 0 unspecified atom stereocenters. The summed E-state index contributed by atoms with van der Waals surface area (Å²) >= 11 is 3.55. The molecule has 0 aromatic heterocycles. The number of hydrogen-bond acceptors (Lipinski definition) is 3. The second kappa shape index (κ2) is 7.70. The third-order valence-electron chi connectivity index (χ3n) is 2.95. The van der Waals surface area contributed by atoms with E-state index in [-0.39, 0.29) is 0 Å². The number of ether oxygens (including phenoxy) is 2. The van der Waals surface area contributed by atoms with Crippen LogP contribution in [0.15, 0.2) is 22.7 Å². The molecule has 4 heteroatoms. The number of benzene rings is 1. The zero-order chi connectivity index (χ0) is 14.4. The lowest BCUT2D eigenvalue weighted by Gasteiger charge is -2.10. The van der Waals surface area contributed by atoms with Gasteiger partial charge in [-0.05, 0) is 46.1 Å². The third kappa shape index (κ3) is 4.53. The summed E-state index contributed by atoms with van der Waals surface area (Å²) in [5.41, 5.74) is 1.12. The van der Waals surface area contributed by atoms with Gasteiger partial charge < -0.3 is 14.8 Å². The summed E-state index contributed by atoms with van der Waals surface area (Å²) in [7, 11) is 0. The van der Waals surface area contributed by atoms with Gasteiger partial charge >= 0.3 is 0 Å². The first-order valence-corrected chi connectivity index (χ1v) is 7.92. The molecule has 0 saturated heterocycles. The first-order valence-electron chi connectivity index (χ1n) is 7.13. The molecule has 0 atom stereocenters. The molecule has 0 spiro atoms. The van der Waals surface area contributed by atoms with E-state index >= 15 is 0 Å². The van der Waals surface area contributed by atoms with Crippen molar-refractivity contribution in [3.63, 3.8) is 0 Å². The molecule has 1 heterocycles. The summed E-state index contributed by atoms with van der Waals surface area (Å²) in [4.78, 5) is 0. The van der Waals surface area contributed by atoms with E-state index < -0.39 is 0 Å². The van der Waals surface area contributed by atoms with Crippen molar-refractivity contribution in [2.75, 3.05) is 26.3 Å². The molecule has 1 aromatic rings. The molecule has 0 fully saturated rings. The van der Waals surface area contributed by atoms with Gasteiger partial charge in [0.25, 0.3) is 0 Å². The number of fused-ring (bicyclic) bond motifs is 1. The average molecular weight is 340 g/mol. The standard InChI is InChI=1S/C16H22BrNO2/c1-12(2)11-18-6-3-5-13-9-14(17)16-15(10-13)19-7-4-8-20-16/h3,5,9-10,12,18H,4,6-8,11H2,1-2H3. The third-order valence-corrected chi connectivity index (χ3v) is 3.54. The summed E-state index contributed by atoms with van der Waals surface area (Å²) in [6.07, 6.45) is 5.16. The van der Waals surface area contributed by atoms with Crippen molar-refractivity contribution in [3.8, 4) is 11.5 Å². The zero-order valence-corrected chi connectivity index (χ0v) is 13.7. The van der Waals surface area contributed by atoms with Crippen LogP contribution in [0.1, 0.15) is 25.8 Å². The van der Waals surface area contributed by atoms with Gasteiger partial charge in [-0.3, -0.25) is 0 Å². The van der Waals surface area contributed by atoms with Crippen LogP contribution in [0.3, 0.4) is 0 Å². The Morgan fingerprint density at radius 2 is 2.10 bits per heavy atom. The Balaban J connectivity index is 2.00. The van der Waals surface area contributed by atoms with E-state index in [2.05, 4.69) is 53.3 Å². The number of rotatable bonds is 5. The molecule has 0 saturated carbocycles. The van der Waals surface area contributed by atoms with Gasteiger partial charge in [-0.15, -0.1) is 0 Å². The van der Waals surface area contributed by atoms with E-state index in [9.17, 15) is 0 Å². The topological polar surface area (TPSA) is 30.5 Å². The van der Waals surface area contributed by atoms with Crippen molar-refractivity contribution in [2.45, 2.75) is 20.3 Å². The number of hydrogen-bond donors (Lipinski definition) is 1. The van der Waals surface area contributed by atoms with E-state index in [1.54, 1.807) is 0 Å². The fourth-order valence-electron chi connectivity index (χ4n) is 2.00. The second-order valence-corrected chi connectivity index (χ2v) is 6.19. The Labute approximate surface area is 129 Å². The highest BCUT2D eigenvalue weighted by molar-refractivity contribution is 9.10. The molecule has 1 aliphatic heterocycles. The maximum atomic E-state index is 5.72. The summed E-state index contributed by atoms with van der Waals surface area (Å²) in [5, 5.41) is 3.39. The predicted molar refractivity (Wildman–Crippen MR) is 86.5 cm³/mol. The predicted octanol–water partition coefficient (Wildman–Crippen LogP) is 3.87. The van der Waals surface area contributed by atoms with Gasteiger partial charge in [0.05, 0.1) is 17.7 Å². The van der Waals surface area contributed by atoms with Crippen LogP contribution in [-0.2, 0) is 0 Å². The lowest BCUT2D eigenvalue weighted by molar-refractivity contribution is 0.296. The molecule has 0 bridgehead atoms. The summed E-state index contributed by atoms with van der Waals surface area (Å²) in [6, 6.07) is 4.09. The monoisotopic (exact) mass is 339 g/mol. The maximum absolute atomic E-state index is 5.72. The Kier molecular flexibility index (Phi) is 5.92. The highest BCUT2D eigenvalue weighted by Gasteiger charge is 2.14. The molecule has 0 aliphatic carbocycles. The number of nitrogens with one attached hydrogen (secondary N) is 1. The first-order chi connectivity index (χ1) is 9.66. The molecule has 0 radical (unpaired) electrons. The minimum absolute atomic E-state index is 0.676. The van der Waals surface area contributed by atoms with Crippen molar-refractivity contribution in [1.29, 1.82) is 0 Å². The van der Waals surface area contributed by atoms with Crippen LogP contribution in [0.25, 0.3) is 6.08 Å². The van der Waals surface area contributed by atoms with Crippen LogP contribution in [-0.4, -0.2) is 26.3 Å². The second-order valence-electron chi connectivity index (χ2n) is 5.33. The Hall–Kier alpha value is -1.00. The molecule has 110 valence electrons. The van der Waals surface area contributed by atoms with E-state index in [1.807, 2.05) is 6.07 Å². The lowest BCUT2D eigenvalue weighted by atomic mass is 10.2. The average Bonchev–Trinajstić information content (AvgIpc) is 2.63. The van der Waals surface area contributed by atoms with Crippen molar-refractivity contribution < 1.29 is 9.47 Å². The van der Waals surface area contributed by atoms with Crippen molar-refractivity contribution in [2.24, 2.45) is 5.92 Å². The van der Waals surface area contributed by atoms with Crippen molar-refractivity contribution in [3.05, 3.63) is 28.2 Å². The molecule has 2 rings (SSSR count).